The van der Waals surface area contributed by atoms with Gasteiger partial charge in [0.1, 0.15) is 0 Å². The van der Waals surface area contributed by atoms with Gasteiger partial charge in [-0.25, -0.2) is 0 Å². The Morgan fingerprint density at radius 1 is 1.26 bits per heavy atom. The van der Waals surface area contributed by atoms with Crippen molar-refractivity contribution in [1.29, 1.82) is 0 Å². The van der Waals surface area contributed by atoms with E-state index in [1.54, 1.807) is 0 Å². The Hall–Kier alpha value is -0.610. The maximum Gasteiger partial charge on any atom is 0.236 e. The van der Waals surface area contributed by atoms with E-state index in [-0.39, 0.29) is 5.91 Å². The van der Waals surface area contributed by atoms with Crippen LogP contribution in [0, 0.1) is 5.92 Å². The molecule has 0 saturated carbocycles. The van der Waals surface area contributed by atoms with E-state index >= 15 is 0 Å². The van der Waals surface area contributed by atoms with Gasteiger partial charge in [0.2, 0.25) is 5.91 Å². The minimum atomic E-state index is 0.283. The number of likely N-dealkylation sites (N-methyl/N-ethyl adjacent to an activating group) is 1. The summed E-state index contributed by atoms with van der Waals surface area (Å²) in [4.78, 5) is 16.3. The maximum atomic E-state index is 12.2. The predicted octanol–water partition coefficient (Wildman–Crippen LogP) is 1.75. The molecule has 110 valence electrons. The average molecular weight is 268 g/mol. The van der Waals surface area contributed by atoms with E-state index in [0.29, 0.717) is 12.6 Å². The van der Waals surface area contributed by atoms with Gasteiger partial charge < -0.3 is 9.64 Å². The summed E-state index contributed by atoms with van der Waals surface area (Å²) in [7, 11) is 2.03. The van der Waals surface area contributed by atoms with Crippen LogP contribution in [0.3, 0.4) is 0 Å². The molecular weight excluding hydrogens is 240 g/mol. The molecule has 2 rings (SSSR count). The second kappa shape index (κ2) is 7.25. The molecule has 2 saturated heterocycles. The van der Waals surface area contributed by atoms with Crippen LogP contribution in [0.15, 0.2) is 0 Å². The first-order valence-electron chi connectivity index (χ1n) is 7.73. The van der Waals surface area contributed by atoms with Gasteiger partial charge in [-0.1, -0.05) is 6.92 Å². The van der Waals surface area contributed by atoms with Crippen LogP contribution in [0.5, 0.6) is 0 Å². The zero-order valence-corrected chi connectivity index (χ0v) is 12.4. The average Bonchev–Trinajstić information content (AvgIpc) is 2.40. The molecule has 2 heterocycles. The summed E-state index contributed by atoms with van der Waals surface area (Å²) in [6.07, 6.45) is 6.22. The molecule has 4 nitrogen and oxygen atoms in total. The molecule has 1 atom stereocenters. The first kappa shape index (κ1) is 14.8. The number of carbonyl (C=O) groups excluding carboxylic acids is 1. The Labute approximate surface area is 117 Å². The standard InChI is InChI=1S/C15H28N2O2/c1-13-6-8-17(9-7-13)15(18)12-16(2)11-14-5-3-4-10-19-14/h13-14H,3-12H2,1-2H3. The fraction of sp³-hybridized carbons (Fsp3) is 0.933. The van der Waals surface area contributed by atoms with Crippen LogP contribution in [0.2, 0.25) is 0 Å². The number of carbonyl (C=O) groups is 1. The molecule has 0 N–H and O–H groups in total. The molecule has 2 aliphatic rings. The third-order valence-corrected chi connectivity index (χ3v) is 4.33. The van der Waals surface area contributed by atoms with Crippen molar-refractivity contribution in [1.82, 2.24) is 9.80 Å². The molecule has 4 heteroatoms. The Kier molecular flexibility index (Phi) is 5.64. The molecule has 1 unspecified atom stereocenters. The summed E-state index contributed by atoms with van der Waals surface area (Å²) >= 11 is 0. The zero-order chi connectivity index (χ0) is 13.7. The van der Waals surface area contributed by atoms with Gasteiger partial charge in [-0.2, -0.15) is 0 Å². The Morgan fingerprint density at radius 2 is 2.00 bits per heavy atom. The Morgan fingerprint density at radius 3 is 2.63 bits per heavy atom. The lowest BCUT2D eigenvalue weighted by Gasteiger charge is -2.32. The van der Waals surface area contributed by atoms with Crippen LogP contribution >= 0.6 is 0 Å². The molecule has 2 aliphatic heterocycles. The summed E-state index contributed by atoms with van der Waals surface area (Å²) < 4.78 is 5.72. The second-order valence-corrected chi connectivity index (χ2v) is 6.25. The lowest BCUT2D eigenvalue weighted by atomic mass is 9.99. The predicted molar refractivity (Wildman–Crippen MR) is 76.1 cm³/mol. The van der Waals surface area contributed by atoms with Crippen LogP contribution < -0.4 is 0 Å². The third-order valence-electron chi connectivity index (χ3n) is 4.33. The quantitative estimate of drug-likeness (QED) is 0.778. The summed E-state index contributed by atoms with van der Waals surface area (Å²) in [6.45, 7) is 6.45. The lowest BCUT2D eigenvalue weighted by molar-refractivity contribution is -0.133. The van der Waals surface area contributed by atoms with Crippen LogP contribution in [0.4, 0.5) is 0 Å². The number of nitrogens with zero attached hydrogens (tertiary/aromatic N) is 2. The van der Waals surface area contributed by atoms with E-state index in [4.69, 9.17) is 4.74 Å². The first-order valence-corrected chi connectivity index (χ1v) is 7.73. The van der Waals surface area contributed by atoms with E-state index in [1.165, 1.54) is 12.8 Å². The van der Waals surface area contributed by atoms with Crippen molar-refractivity contribution in [2.24, 2.45) is 5.92 Å². The number of rotatable bonds is 4. The molecule has 0 aromatic heterocycles. The third kappa shape index (κ3) is 4.77. The lowest BCUT2D eigenvalue weighted by Crippen LogP contribution is -2.44. The largest absolute Gasteiger partial charge is 0.377 e. The van der Waals surface area contributed by atoms with Gasteiger partial charge >= 0.3 is 0 Å². The van der Waals surface area contributed by atoms with Crippen molar-refractivity contribution in [3.8, 4) is 0 Å². The molecule has 0 aliphatic carbocycles. The minimum Gasteiger partial charge on any atom is -0.377 e. The number of likely N-dealkylation sites (tertiary alicyclic amines) is 1. The number of hydrogen-bond donors (Lipinski definition) is 0. The first-order chi connectivity index (χ1) is 9.15. The minimum absolute atomic E-state index is 0.283. The van der Waals surface area contributed by atoms with Gasteiger partial charge in [0.25, 0.3) is 0 Å². The summed E-state index contributed by atoms with van der Waals surface area (Å²) in [5.74, 6) is 1.06. The molecule has 0 bridgehead atoms. The van der Waals surface area contributed by atoms with Crippen LogP contribution in [-0.4, -0.2) is 61.6 Å². The highest BCUT2D eigenvalue weighted by molar-refractivity contribution is 5.78. The van der Waals surface area contributed by atoms with E-state index in [2.05, 4.69) is 11.8 Å². The fourth-order valence-corrected chi connectivity index (χ4v) is 2.95. The topological polar surface area (TPSA) is 32.8 Å². The highest BCUT2D eigenvalue weighted by Gasteiger charge is 2.22. The molecule has 2 fully saturated rings. The molecule has 19 heavy (non-hydrogen) atoms. The number of amides is 1. The maximum absolute atomic E-state index is 12.2. The zero-order valence-electron chi connectivity index (χ0n) is 12.4. The normalized spacial score (nSPS) is 25.8. The summed E-state index contributed by atoms with van der Waals surface area (Å²) in [5, 5.41) is 0. The Balaban J connectivity index is 1.69. The number of piperidine rings is 1. The summed E-state index contributed by atoms with van der Waals surface area (Å²) in [5.41, 5.74) is 0. The molecule has 0 aromatic rings. The van der Waals surface area contributed by atoms with Crippen LogP contribution in [0.1, 0.15) is 39.0 Å². The van der Waals surface area contributed by atoms with Crippen molar-refractivity contribution < 1.29 is 9.53 Å². The van der Waals surface area contributed by atoms with Crippen molar-refractivity contribution in [3.63, 3.8) is 0 Å². The van der Waals surface area contributed by atoms with Crippen molar-refractivity contribution >= 4 is 5.91 Å². The van der Waals surface area contributed by atoms with E-state index in [9.17, 15) is 4.79 Å². The van der Waals surface area contributed by atoms with Gasteiger partial charge in [0.05, 0.1) is 12.6 Å². The van der Waals surface area contributed by atoms with Crippen LogP contribution in [-0.2, 0) is 9.53 Å². The monoisotopic (exact) mass is 268 g/mol. The number of hydrogen-bond acceptors (Lipinski definition) is 3. The van der Waals surface area contributed by atoms with Crippen LogP contribution in [0.25, 0.3) is 0 Å². The van der Waals surface area contributed by atoms with Gasteiger partial charge in [-0.3, -0.25) is 9.69 Å². The van der Waals surface area contributed by atoms with Crippen molar-refractivity contribution in [2.45, 2.75) is 45.1 Å². The van der Waals surface area contributed by atoms with Gasteiger partial charge in [-0.05, 0) is 45.1 Å². The van der Waals surface area contributed by atoms with Gasteiger partial charge in [0.15, 0.2) is 0 Å². The van der Waals surface area contributed by atoms with Crippen molar-refractivity contribution in [3.05, 3.63) is 0 Å². The molecule has 0 aromatic carbocycles. The second-order valence-electron chi connectivity index (χ2n) is 6.25. The van der Waals surface area contributed by atoms with E-state index < -0.39 is 0 Å². The molecule has 1 amide bonds. The van der Waals surface area contributed by atoms with E-state index in [1.807, 2.05) is 11.9 Å². The Bertz CT molecular complexity index is 282. The van der Waals surface area contributed by atoms with Gasteiger partial charge in [-0.15, -0.1) is 0 Å². The SMILES string of the molecule is CC1CCN(C(=O)CN(C)CC2CCCCO2)CC1. The molecule has 0 spiro atoms. The summed E-state index contributed by atoms with van der Waals surface area (Å²) in [6, 6.07) is 0. The van der Waals surface area contributed by atoms with E-state index in [0.717, 1.165) is 51.4 Å². The highest BCUT2D eigenvalue weighted by Crippen LogP contribution is 2.17. The number of ether oxygens (including phenoxy) is 1. The molecule has 0 radical (unpaired) electrons. The fourth-order valence-electron chi connectivity index (χ4n) is 2.95. The van der Waals surface area contributed by atoms with Crippen molar-refractivity contribution in [2.75, 3.05) is 39.8 Å². The molecular formula is C15H28N2O2. The highest BCUT2D eigenvalue weighted by atomic mass is 16.5. The smallest absolute Gasteiger partial charge is 0.236 e. The van der Waals surface area contributed by atoms with Gasteiger partial charge in [0, 0.05) is 26.2 Å².